The molecule has 0 saturated carbocycles. The summed E-state index contributed by atoms with van der Waals surface area (Å²) in [6, 6.07) is 3.53. The quantitative estimate of drug-likeness (QED) is 0.274. The van der Waals surface area contributed by atoms with Crippen LogP contribution in [0.3, 0.4) is 0 Å². The van der Waals surface area contributed by atoms with E-state index in [0.29, 0.717) is 5.75 Å². The van der Waals surface area contributed by atoms with Crippen molar-refractivity contribution in [3.8, 4) is 11.5 Å². The Morgan fingerprint density at radius 1 is 1.00 bits per heavy atom. The van der Waals surface area contributed by atoms with E-state index < -0.39 is 0 Å². The molecule has 0 saturated heterocycles. The van der Waals surface area contributed by atoms with Gasteiger partial charge >= 0.3 is 5.97 Å². The second-order valence-corrected chi connectivity index (χ2v) is 9.45. The number of esters is 1. The highest BCUT2D eigenvalue weighted by Gasteiger charge is 2.22. The second-order valence-electron chi connectivity index (χ2n) is 9.45. The smallest absolute Gasteiger partial charge is 0.314 e. The first-order valence-corrected chi connectivity index (χ1v) is 10.6. The number of aromatic hydroxyl groups is 1. The van der Waals surface area contributed by atoms with Gasteiger partial charge in [-0.15, -0.1) is 0 Å². The third-order valence-corrected chi connectivity index (χ3v) is 5.12. The zero-order valence-electron chi connectivity index (χ0n) is 18.5. The molecule has 3 heteroatoms. The van der Waals surface area contributed by atoms with Crippen molar-refractivity contribution in [1.29, 1.82) is 0 Å². The summed E-state index contributed by atoms with van der Waals surface area (Å²) in [5.74, 6) is 1.32. The number of rotatable bonds is 10. The molecular formula is C24H40O3. The number of ether oxygens (including phenoxy) is 1. The Kier molecular flexibility index (Phi) is 9.35. The molecule has 0 aliphatic heterocycles. The van der Waals surface area contributed by atoms with E-state index in [-0.39, 0.29) is 23.1 Å². The summed E-state index contributed by atoms with van der Waals surface area (Å²) >= 11 is 0. The molecule has 0 aromatic heterocycles. The molecule has 1 aromatic carbocycles. The molecule has 0 spiro atoms. The van der Waals surface area contributed by atoms with E-state index in [2.05, 4.69) is 13.8 Å². The molecule has 1 unspecified atom stereocenters. The van der Waals surface area contributed by atoms with Crippen molar-refractivity contribution in [1.82, 2.24) is 0 Å². The molecule has 3 nitrogen and oxygen atoms in total. The van der Waals surface area contributed by atoms with Gasteiger partial charge in [-0.2, -0.15) is 0 Å². The van der Waals surface area contributed by atoms with Gasteiger partial charge in [0.05, 0.1) is 5.92 Å². The molecule has 0 aliphatic carbocycles. The van der Waals surface area contributed by atoms with Gasteiger partial charge in [0.25, 0.3) is 0 Å². The zero-order valence-corrected chi connectivity index (χ0v) is 18.5. The molecule has 154 valence electrons. The van der Waals surface area contributed by atoms with E-state index >= 15 is 0 Å². The van der Waals surface area contributed by atoms with Crippen molar-refractivity contribution in [3.63, 3.8) is 0 Å². The molecule has 0 radical (unpaired) electrons. The number of hydrogen-bond donors (Lipinski definition) is 1. The molecule has 1 N–H and O–H groups in total. The molecule has 0 bridgehead atoms. The largest absolute Gasteiger partial charge is 0.507 e. The van der Waals surface area contributed by atoms with Crippen molar-refractivity contribution < 1.29 is 14.6 Å². The SMILES string of the molecule is Cc1cc(OC(=O)C(C)CCCCCCCC(C)C)cc(C(C)(C)C)c1O. The molecule has 1 atom stereocenters. The third kappa shape index (κ3) is 8.36. The fourth-order valence-electron chi connectivity index (χ4n) is 3.25. The Hall–Kier alpha value is -1.51. The minimum Gasteiger partial charge on any atom is -0.507 e. The first-order valence-electron chi connectivity index (χ1n) is 10.6. The number of hydrogen-bond acceptors (Lipinski definition) is 3. The fourth-order valence-corrected chi connectivity index (χ4v) is 3.25. The van der Waals surface area contributed by atoms with Crippen molar-refractivity contribution in [3.05, 3.63) is 23.3 Å². The molecular weight excluding hydrogens is 336 g/mol. The number of phenols is 1. The summed E-state index contributed by atoms with van der Waals surface area (Å²) in [5.41, 5.74) is 1.33. The minimum atomic E-state index is -0.210. The lowest BCUT2D eigenvalue weighted by Gasteiger charge is -2.22. The lowest BCUT2D eigenvalue weighted by Crippen LogP contribution is -2.19. The third-order valence-electron chi connectivity index (χ3n) is 5.12. The molecule has 1 rings (SSSR count). The molecule has 0 amide bonds. The lowest BCUT2D eigenvalue weighted by atomic mass is 9.85. The van der Waals surface area contributed by atoms with Gasteiger partial charge < -0.3 is 9.84 Å². The van der Waals surface area contributed by atoms with E-state index in [1.807, 2.05) is 34.6 Å². The van der Waals surface area contributed by atoms with Crippen LogP contribution in [-0.2, 0) is 10.2 Å². The molecule has 1 aromatic rings. The number of phenolic OH excluding ortho intramolecular Hbond substituents is 1. The summed E-state index contributed by atoms with van der Waals surface area (Å²) in [4.78, 5) is 12.4. The van der Waals surface area contributed by atoms with Crippen LogP contribution in [0, 0.1) is 18.8 Å². The number of carbonyl (C=O) groups excluding carboxylic acids is 1. The number of unbranched alkanes of at least 4 members (excludes halogenated alkanes) is 4. The summed E-state index contributed by atoms with van der Waals surface area (Å²) in [7, 11) is 0. The average Bonchev–Trinajstić information content (AvgIpc) is 2.55. The van der Waals surface area contributed by atoms with E-state index in [1.54, 1.807) is 12.1 Å². The van der Waals surface area contributed by atoms with Gasteiger partial charge in [-0.05, 0) is 42.4 Å². The van der Waals surface area contributed by atoms with Crippen molar-refractivity contribution >= 4 is 5.97 Å². The van der Waals surface area contributed by atoms with Crippen molar-refractivity contribution in [2.75, 3.05) is 0 Å². The van der Waals surface area contributed by atoms with Gasteiger partial charge in [-0.25, -0.2) is 0 Å². The Bertz CT molecular complexity index is 596. The molecule has 27 heavy (non-hydrogen) atoms. The summed E-state index contributed by atoms with van der Waals surface area (Å²) < 4.78 is 5.62. The summed E-state index contributed by atoms with van der Waals surface area (Å²) in [6.45, 7) is 14.4. The summed E-state index contributed by atoms with van der Waals surface area (Å²) in [6.07, 6.45) is 8.28. The van der Waals surface area contributed by atoms with Crippen LogP contribution in [0.4, 0.5) is 0 Å². The molecule has 0 heterocycles. The first-order chi connectivity index (χ1) is 12.5. The standard InChI is InChI=1S/C24H40O3/c1-17(2)13-11-9-8-10-12-14-18(3)23(26)27-20-15-19(4)22(25)21(16-20)24(5,6)7/h15-18,25H,8-14H2,1-7H3. The number of carbonyl (C=O) groups is 1. The Balaban J connectivity index is 2.48. The minimum absolute atomic E-state index is 0.104. The van der Waals surface area contributed by atoms with Gasteiger partial charge in [-0.3, -0.25) is 4.79 Å². The first kappa shape index (κ1) is 23.5. The van der Waals surface area contributed by atoms with Crippen molar-refractivity contribution in [2.24, 2.45) is 11.8 Å². The van der Waals surface area contributed by atoms with Crippen LogP contribution in [0.2, 0.25) is 0 Å². The van der Waals surface area contributed by atoms with Crippen LogP contribution in [0.5, 0.6) is 11.5 Å². The van der Waals surface area contributed by atoms with Gasteiger partial charge in [0.1, 0.15) is 11.5 Å². The van der Waals surface area contributed by atoms with Crippen LogP contribution in [-0.4, -0.2) is 11.1 Å². The Morgan fingerprint density at radius 2 is 1.56 bits per heavy atom. The van der Waals surface area contributed by atoms with Gasteiger partial charge in [0.15, 0.2) is 0 Å². The summed E-state index contributed by atoms with van der Waals surface area (Å²) in [5, 5.41) is 10.3. The number of aryl methyl sites for hydroxylation is 1. The van der Waals surface area contributed by atoms with E-state index in [9.17, 15) is 9.90 Å². The van der Waals surface area contributed by atoms with E-state index in [0.717, 1.165) is 29.9 Å². The van der Waals surface area contributed by atoms with Crippen LogP contribution in [0.15, 0.2) is 12.1 Å². The van der Waals surface area contributed by atoms with E-state index in [4.69, 9.17) is 4.74 Å². The van der Waals surface area contributed by atoms with Crippen LogP contribution in [0.1, 0.15) is 97.6 Å². The van der Waals surface area contributed by atoms with E-state index in [1.165, 1.54) is 32.1 Å². The highest BCUT2D eigenvalue weighted by molar-refractivity contribution is 5.75. The lowest BCUT2D eigenvalue weighted by molar-refractivity contribution is -0.138. The predicted octanol–water partition coefficient (Wildman–Crippen LogP) is 6.93. The average molecular weight is 377 g/mol. The molecule has 0 fully saturated rings. The monoisotopic (exact) mass is 376 g/mol. The predicted molar refractivity (Wildman–Crippen MR) is 113 cm³/mol. The van der Waals surface area contributed by atoms with Crippen LogP contribution >= 0.6 is 0 Å². The highest BCUT2D eigenvalue weighted by Crippen LogP contribution is 2.36. The maximum absolute atomic E-state index is 12.4. The zero-order chi connectivity index (χ0) is 20.6. The maximum Gasteiger partial charge on any atom is 0.314 e. The highest BCUT2D eigenvalue weighted by atomic mass is 16.5. The normalized spacial score (nSPS) is 13.0. The van der Waals surface area contributed by atoms with Gasteiger partial charge in [0.2, 0.25) is 0 Å². The Morgan fingerprint density at radius 3 is 2.11 bits per heavy atom. The fraction of sp³-hybridized carbons (Fsp3) is 0.708. The maximum atomic E-state index is 12.4. The Labute approximate surface area is 166 Å². The van der Waals surface area contributed by atoms with Crippen LogP contribution in [0.25, 0.3) is 0 Å². The van der Waals surface area contributed by atoms with Crippen molar-refractivity contribution in [2.45, 2.75) is 98.8 Å². The number of benzene rings is 1. The van der Waals surface area contributed by atoms with Crippen LogP contribution < -0.4 is 4.74 Å². The topological polar surface area (TPSA) is 46.5 Å². The van der Waals surface area contributed by atoms with Gasteiger partial charge in [-0.1, -0.05) is 80.1 Å². The molecule has 0 aliphatic rings. The second kappa shape index (κ2) is 10.7. The van der Waals surface area contributed by atoms with Gasteiger partial charge in [0, 0.05) is 5.56 Å².